The van der Waals surface area contributed by atoms with Crippen LogP contribution in [0.25, 0.3) is 0 Å². The van der Waals surface area contributed by atoms with Crippen molar-refractivity contribution in [2.45, 2.75) is 32.8 Å². The molecule has 2 nitrogen and oxygen atoms in total. The molecule has 0 atom stereocenters. The molecule has 0 aliphatic carbocycles. The number of hydrogen-bond acceptors (Lipinski definition) is 2. The van der Waals surface area contributed by atoms with Gasteiger partial charge in [0, 0.05) is 0 Å². The first kappa shape index (κ1) is 18.2. The number of benzene rings is 3. The second kappa shape index (κ2) is 7.76. The third kappa shape index (κ3) is 3.66. The summed E-state index contributed by atoms with van der Waals surface area (Å²) >= 11 is 0. The molecule has 0 saturated heterocycles. The molecule has 0 fully saturated rings. The Bertz CT molecular complexity index is 820. The van der Waals surface area contributed by atoms with Gasteiger partial charge in [-0.05, 0) is 49.1 Å². The van der Waals surface area contributed by atoms with Crippen molar-refractivity contribution in [1.29, 1.82) is 0 Å². The van der Waals surface area contributed by atoms with Crippen LogP contribution in [-0.2, 0) is 5.60 Å². The Morgan fingerprint density at radius 2 is 1.31 bits per heavy atom. The molecule has 0 amide bonds. The van der Waals surface area contributed by atoms with Gasteiger partial charge in [-0.1, -0.05) is 78.7 Å². The van der Waals surface area contributed by atoms with Crippen LogP contribution in [-0.4, -0.2) is 11.7 Å². The first-order valence-corrected chi connectivity index (χ1v) is 9.14. The lowest BCUT2D eigenvalue weighted by Crippen LogP contribution is -2.29. The average Bonchev–Trinajstić information content (AvgIpc) is 2.66. The lowest BCUT2D eigenvalue weighted by Gasteiger charge is -2.31. The van der Waals surface area contributed by atoms with E-state index in [9.17, 15) is 5.11 Å². The van der Waals surface area contributed by atoms with E-state index in [1.165, 1.54) is 0 Å². The zero-order valence-electron chi connectivity index (χ0n) is 15.7. The largest absolute Gasteiger partial charge is 0.494 e. The molecule has 0 saturated carbocycles. The van der Waals surface area contributed by atoms with Gasteiger partial charge in [0.15, 0.2) is 0 Å². The molecule has 0 spiro atoms. The monoisotopic (exact) mass is 346 g/mol. The Balaban J connectivity index is 2.12. The van der Waals surface area contributed by atoms with Gasteiger partial charge in [-0.25, -0.2) is 0 Å². The molecule has 2 heteroatoms. The molecule has 1 N–H and O–H groups in total. The Labute approximate surface area is 156 Å². The number of aliphatic hydroxyl groups is 1. The topological polar surface area (TPSA) is 29.5 Å². The van der Waals surface area contributed by atoms with Crippen LogP contribution >= 0.6 is 0 Å². The molecule has 0 bridgehead atoms. The molecule has 0 aliphatic rings. The molecule has 0 radical (unpaired) electrons. The Morgan fingerprint density at radius 1 is 0.769 bits per heavy atom. The van der Waals surface area contributed by atoms with Crippen LogP contribution in [0.15, 0.2) is 72.8 Å². The number of aryl methyl sites for hydroxylation is 2. The van der Waals surface area contributed by atoms with E-state index in [0.29, 0.717) is 6.61 Å². The number of hydrogen-bond donors (Lipinski definition) is 1. The van der Waals surface area contributed by atoms with E-state index >= 15 is 0 Å². The number of rotatable bonds is 6. The van der Waals surface area contributed by atoms with Crippen molar-refractivity contribution in [2.24, 2.45) is 0 Å². The van der Waals surface area contributed by atoms with E-state index in [2.05, 4.69) is 6.92 Å². The summed E-state index contributed by atoms with van der Waals surface area (Å²) in [4.78, 5) is 0. The molecule has 3 aromatic rings. The molecule has 0 aromatic heterocycles. The van der Waals surface area contributed by atoms with E-state index in [1.807, 2.05) is 86.6 Å². The van der Waals surface area contributed by atoms with Crippen molar-refractivity contribution in [3.63, 3.8) is 0 Å². The highest BCUT2D eigenvalue weighted by molar-refractivity contribution is 5.49. The smallest absolute Gasteiger partial charge is 0.140 e. The van der Waals surface area contributed by atoms with Gasteiger partial charge >= 0.3 is 0 Å². The van der Waals surface area contributed by atoms with E-state index in [-0.39, 0.29) is 0 Å². The molecule has 26 heavy (non-hydrogen) atoms. The van der Waals surface area contributed by atoms with Gasteiger partial charge in [0.25, 0.3) is 0 Å². The van der Waals surface area contributed by atoms with Crippen molar-refractivity contribution in [3.05, 3.63) is 101 Å². The maximum Gasteiger partial charge on any atom is 0.140 e. The van der Waals surface area contributed by atoms with Crippen LogP contribution in [0.2, 0.25) is 0 Å². The Morgan fingerprint density at radius 3 is 1.77 bits per heavy atom. The van der Waals surface area contributed by atoms with Gasteiger partial charge in [0.05, 0.1) is 6.61 Å². The van der Waals surface area contributed by atoms with E-state index in [4.69, 9.17) is 4.74 Å². The molecular weight excluding hydrogens is 320 g/mol. The SMILES string of the molecule is CCCOc1ccc(C(O)(c2cccc(C)c2)c2cccc(C)c2)cc1. The van der Waals surface area contributed by atoms with Gasteiger partial charge in [0.1, 0.15) is 11.4 Å². The summed E-state index contributed by atoms with van der Waals surface area (Å²) in [5.41, 5.74) is 3.60. The minimum atomic E-state index is -1.21. The van der Waals surface area contributed by atoms with Crippen LogP contribution in [0.4, 0.5) is 0 Å². The van der Waals surface area contributed by atoms with Gasteiger partial charge in [-0.3, -0.25) is 0 Å². The van der Waals surface area contributed by atoms with Crippen molar-refractivity contribution in [2.75, 3.05) is 6.61 Å². The fraction of sp³-hybridized carbons (Fsp3) is 0.250. The van der Waals surface area contributed by atoms with E-state index < -0.39 is 5.60 Å². The predicted octanol–water partition coefficient (Wildman–Crippen LogP) is 5.38. The third-order valence-corrected chi connectivity index (χ3v) is 4.62. The second-order valence-electron chi connectivity index (χ2n) is 6.82. The van der Waals surface area contributed by atoms with E-state index in [0.717, 1.165) is 40.0 Å². The predicted molar refractivity (Wildman–Crippen MR) is 107 cm³/mol. The first-order chi connectivity index (χ1) is 12.5. The zero-order valence-corrected chi connectivity index (χ0v) is 15.7. The van der Waals surface area contributed by atoms with Gasteiger partial charge in [0.2, 0.25) is 0 Å². The summed E-state index contributed by atoms with van der Waals surface area (Å²) < 4.78 is 5.69. The molecule has 3 rings (SSSR count). The maximum atomic E-state index is 11.9. The van der Waals surface area contributed by atoms with Crippen LogP contribution in [0.3, 0.4) is 0 Å². The minimum absolute atomic E-state index is 0.694. The van der Waals surface area contributed by atoms with Gasteiger partial charge < -0.3 is 9.84 Å². The summed E-state index contributed by atoms with van der Waals surface area (Å²) in [7, 11) is 0. The average molecular weight is 346 g/mol. The standard InChI is InChI=1S/C24H26O2/c1-4-15-26-23-13-11-20(12-14-23)24(25,21-9-5-7-18(2)16-21)22-10-6-8-19(3)17-22/h5-14,16-17,25H,4,15H2,1-3H3. The summed E-state index contributed by atoms with van der Waals surface area (Å²) in [5.74, 6) is 0.825. The van der Waals surface area contributed by atoms with Crippen molar-refractivity contribution < 1.29 is 9.84 Å². The van der Waals surface area contributed by atoms with Crippen LogP contribution in [0, 0.1) is 13.8 Å². The molecule has 0 heterocycles. The van der Waals surface area contributed by atoms with Crippen molar-refractivity contribution in [3.8, 4) is 5.75 Å². The summed E-state index contributed by atoms with van der Waals surface area (Å²) in [6, 6.07) is 23.9. The Kier molecular flexibility index (Phi) is 5.43. The second-order valence-corrected chi connectivity index (χ2v) is 6.82. The highest BCUT2D eigenvalue weighted by Gasteiger charge is 2.34. The van der Waals surface area contributed by atoms with Crippen molar-refractivity contribution >= 4 is 0 Å². The molecule has 3 aromatic carbocycles. The molecule has 0 aliphatic heterocycles. The summed E-state index contributed by atoms with van der Waals surface area (Å²) in [6.45, 7) is 6.87. The molecule has 134 valence electrons. The maximum absolute atomic E-state index is 11.9. The fourth-order valence-corrected chi connectivity index (χ4v) is 3.25. The van der Waals surface area contributed by atoms with Crippen LogP contribution in [0.1, 0.15) is 41.2 Å². The molecule has 0 unspecified atom stereocenters. The van der Waals surface area contributed by atoms with Crippen molar-refractivity contribution in [1.82, 2.24) is 0 Å². The van der Waals surface area contributed by atoms with Crippen LogP contribution < -0.4 is 4.74 Å². The Hall–Kier alpha value is -2.58. The molecular formula is C24H26O2. The first-order valence-electron chi connectivity index (χ1n) is 9.14. The highest BCUT2D eigenvalue weighted by atomic mass is 16.5. The number of ether oxygens (including phenoxy) is 1. The zero-order chi connectivity index (χ0) is 18.6. The van der Waals surface area contributed by atoms with Crippen LogP contribution in [0.5, 0.6) is 5.75 Å². The third-order valence-electron chi connectivity index (χ3n) is 4.62. The lowest BCUT2D eigenvalue weighted by atomic mass is 9.79. The van der Waals surface area contributed by atoms with Gasteiger partial charge in [-0.2, -0.15) is 0 Å². The van der Waals surface area contributed by atoms with E-state index in [1.54, 1.807) is 0 Å². The quantitative estimate of drug-likeness (QED) is 0.608. The highest BCUT2D eigenvalue weighted by Crippen LogP contribution is 2.37. The lowest BCUT2D eigenvalue weighted by molar-refractivity contribution is 0.125. The minimum Gasteiger partial charge on any atom is -0.494 e. The summed E-state index contributed by atoms with van der Waals surface area (Å²) in [6.07, 6.45) is 0.971. The summed E-state index contributed by atoms with van der Waals surface area (Å²) in [5, 5.41) is 11.9. The normalized spacial score (nSPS) is 11.4. The van der Waals surface area contributed by atoms with Gasteiger partial charge in [-0.15, -0.1) is 0 Å². The fourth-order valence-electron chi connectivity index (χ4n) is 3.25.